The summed E-state index contributed by atoms with van der Waals surface area (Å²) < 4.78 is 5.46. The third kappa shape index (κ3) is 4.81. The Labute approximate surface area is 144 Å². The zero-order valence-electron chi connectivity index (χ0n) is 13.7. The summed E-state index contributed by atoms with van der Waals surface area (Å²) in [7, 11) is 0. The van der Waals surface area contributed by atoms with Crippen LogP contribution in [0.4, 0.5) is 0 Å². The highest BCUT2D eigenvalue weighted by Crippen LogP contribution is 2.18. The van der Waals surface area contributed by atoms with Gasteiger partial charge in [-0.15, -0.1) is 12.4 Å². The largest absolute Gasteiger partial charge is 0.368 e. The van der Waals surface area contributed by atoms with Crippen molar-refractivity contribution in [1.29, 1.82) is 0 Å². The van der Waals surface area contributed by atoms with Gasteiger partial charge in [0.25, 0.3) is 5.91 Å². The van der Waals surface area contributed by atoms with Crippen LogP contribution in [-0.2, 0) is 14.3 Å². The lowest BCUT2D eigenvalue weighted by Gasteiger charge is -2.36. The summed E-state index contributed by atoms with van der Waals surface area (Å²) in [6.45, 7) is 5.47. The summed E-state index contributed by atoms with van der Waals surface area (Å²) in [6, 6.07) is 0. The quantitative estimate of drug-likeness (QED) is 0.812. The van der Waals surface area contributed by atoms with Crippen molar-refractivity contribution < 1.29 is 14.3 Å². The molecule has 0 bridgehead atoms. The summed E-state index contributed by atoms with van der Waals surface area (Å²) >= 11 is 0. The second-order valence-corrected chi connectivity index (χ2v) is 6.61. The molecule has 2 amide bonds. The number of carbonyl (C=O) groups is 2. The maximum atomic E-state index is 12.3. The predicted molar refractivity (Wildman–Crippen MR) is 89.6 cm³/mol. The van der Waals surface area contributed by atoms with Crippen molar-refractivity contribution in [2.24, 2.45) is 5.92 Å². The van der Waals surface area contributed by atoms with Gasteiger partial charge < -0.3 is 19.9 Å². The molecule has 0 aromatic rings. The molecule has 3 aliphatic heterocycles. The third-order valence-corrected chi connectivity index (χ3v) is 5.08. The molecule has 0 saturated carbocycles. The molecule has 132 valence electrons. The SMILES string of the molecule is Cl.O=C(CCC1CCNC1)N1CCN(C(=O)C2CCCO2)CC1. The van der Waals surface area contributed by atoms with E-state index in [9.17, 15) is 9.59 Å². The van der Waals surface area contributed by atoms with E-state index in [-0.39, 0.29) is 30.3 Å². The van der Waals surface area contributed by atoms with Gasteiger partial charge in [0.15, 0.2) is 0 Å². The number of nitrogens with one attached hydrogen (secondary N) is 1. The highest BCUT2D eigenvalue weighted by molar-refractivity contribution is 5.85. The third-order valence-electron chi connectivity index (χ3n) is 5.08. The molecule has 3 fully saturated rings. The minimum atomic E-state index is -0.239. The molecule has 23 heavy (non-hydrogen) atoms. The Bertz CT molecular complexity index is 401. The van der Waals surface area contributed by atoms with Gasteiger partial charge in [0.1, 0.15) is 6.10 Å². The minimum absolute atomic E-state index is 0. The minimum Gasteiger partial charge on any atom is -0.368 e. The van der Waals surface area contributed by atoms with Crippen molar-refractivity contribution in [1.82, 2.24) is 15.1 Å². The molecule has 2 unspecified atom stereocenters. The first kappa shape index (κ1) is 18.5. The van der Waals surface area contributed by atoms with E-state index in [0.717, 1.165) is 32.4 Å². The van der Waals surface area contributed by atoms with Gasteiger partial charge in [-0.25, -0.2) is 0 Å². The van der Waals surface area contributed by atoms with Crippen LogP contribution >= 0.6 is 12.4 Å². The Hall–Kier alpha value is -0.850. The summed E-state index contributed by atoms with van der Waals surface area (Å²) in [4.78, 5) is 28.3. The highest BCUT2D eigenvalue weighted by atomic mass is 35.5. The smallest absolute Gasteiger partial charge is 0.251 e. The van der Waals surface area contributed by atoms with E-state index in [1.807, 2.05) is 9.80 Å². The number of nitrogens with zero attached hydrogens (tertiary/aromatic N) is 2. The molecule has 0 aromatic carbocycles. The second kappa shape index (κ2) is 8.85. The lowest BCUT2D eigenvalue weighted by molar-refractivity contribution is -0.146. The zero-order valence-corrected chi connectivity index (χ0v) is 14.5. The van der Waals surface area contributed by atoms with Gasteiger partial charge in [0, 0.05) is 39.2 Å². The number of hydrogen-bond donors (Lipinski definition) is 1. The van der Waals surface area contributed by atoms with E-state index >= 15 is 0 Å². The van der Waals surface area contributed by atoms with Gasteiger partial charge in [0.2, 0.25) is 5.91 Å². The molecule has 6 nitrogen and oxygen atoms in total. The lowest BCUT2D eigenvalue weighted by atomic mass is 10.0. The standard InChI is InChI=1S/C16H27N3O3.ClH/c20-15(4-3-13-5-6-17-12-13)18-7-9-19(10-8-18)16(21)14-2-1-11-22-14;/h13-14,17H,1-12H2;1H. The molecule has 0 aromatic heterocycles. The summed E-state index contributed by atoms with van der Waals surface area (Å²) in [5, 5.41) is 3.34. The molecule has 2 atom stereocenters. The number of amides is 2. The molecule has 0 radical (unpaired) electrons. The average Bonchev–Trinajstić information content (AvgIpc) is 3.25. The van der Waals surface area contributed by atoms with Gasteiger partial charge in [-0.05, 0) is 44.7 Å². The fraction of sp³-hybridized carbons (Fsp3) is 0.875. The van der Waals surface area contributed by atoms with Crippen LogP contribution in [0.2, 0.25) is 0 Å². The molecular formula is C16H28ClN3O3. The average molecular weight is 346 g/mol. The number of ether oxygens (including phenoxy) is 1. The van der Waals surface area contributed by atoms with Gasteiger partial charge >= 0.3 is 0 Å². The number of halogens is 1. The van der Waals surface area contributed by atoms with Crippen LogP contribution in [0.25, 0.3) is 0 Å². The normalized spacial score (nSPS) is 27.8. The van der Waals surface area contributed by atoms with E-state index in [1.54, 1.807) is 0 Å². The Kier molecular flexibility index (Phi) is 7.11. The van der Waals surface area contributed by atoms with Crippen molar-refractivity contribution in [2.75, 3.05) is 45.9 Å². The Morgan fingerprint density at radius 2 is 1.83 bits per heavy atom. The van der Waals surface area contributed by atoms with Crippen LogP contribution in [0.5, 0.6) is 0 Å². The van der Waals surface area contributed by atoms with E-state index < -0.39 is 0 Å². The molecule has 3 saturated heterocycles. The van der Waals surface area contributed by atoms with Gasteiger partial charge in [-0.3, -0.25) is 9.59 Å². The molecule has 3 heterocycles. The van der Waals surface area contributed by atoms with E-state index in [1.165, 1.54) is 6.42 Å². The van der Waals surface area contributed by atoms with Crippen LogP contribution in [0.3, 0.4) is 0 Å². The van der Waals surface area contributed by atoms with Crippen molar-refractivity contribution in [3.05, 3.63) is 0 Å². The number of rotatable bonds is 4. The summed E-state index contributed by atoms with van der Waals surface area (Å²) in [5.74, 6) is 1.02. The molecule has 7 heteroatoms. The topological polar surface area (TPSA) is 61.9 Å². The Morgan fingerprint density at radius 1 is 1.09 bits per heavy atom. The monoisotopic (exact) mass is 345 g/mol. The number of hydrogen-bond acceptors (Lipinski definition) is 4. The van der Waals surface area contributed by atoms with Crippen molar-refractivity contribution >= 4 is 24.2 Å². The van der Waals surface area contributed by atoms with E-state index in [4.69, 9.17) is 4.74 Å². The zero-order chi connectivity index (χ0) is 15.4. The van der Waals surface area contributed by atoms with Crippen LogP contribution in [0.1, 0.15) is 32.1 Å². The maximum Gasteiger partial charge on any atom is 0.251 e. The van der Waals surface area contributed by atoms with Crippen molar-refractivity contribution in [2.45, 2.75) is 38.2 Å². The molecule has 3 aliphatic rings. The van der Waals surface area contributed by atoms with Crippen LogP contribution in [-0.4, -0.2) is 73.6 Å². The van der Waals surface area contributed by atoms with E-state index in [2.05, 4.69) is 5.32 Å². The first-order valence-electron chi connectivity index (χ1n) is 8.63. The Balaban J connectivity index is 0.00000192. The Morgan fingerprint density at radius 3 is 2.43 bits per heavy atom. The lowest BCUT2D eigenvalue weighted by Crippen LogP contribution is -2.52. The first-order valence-corrected chi connectivity index (χ1v) is 8.63. The van der Waals surface area contributed by atoms with Crippen LogP contribution in [0, 0.1) is 5.92 Å². The van der Waals surface area contributed by atoms with Crippen molar-refractivity contribution in [3.63, 3.8) is 0 Å². The van der Waals surface area contributed by atoms with Gasteiger partial charge in [-0.2, -0.15) is 0 Å². The molecule has 0 spiro atoms. The maximum absolute atomic E-state index is 12.3. The number of piperazine rings is 1. The van der Waals surface area contributed by atoms with Gasteiger partial charge in [-0.1, -0.05) is 0 Å². The second-order valence-electron chi connectivity index (χ2n) is 6.61. The first-order chi connectivity index (χ1) is 10.7. The van der Waals surface area contributed by atoms with Crippen LogP contribution < -0.4 is 5.32 Å². The molecule has 1 N–H and O–H groups in total. The molecule has 0 aliphatic carbocycles. The molecular weight excluding hydrogens is 318 g/mol. The fourth-order valence-corrected chi connectivity index (χ4v) is 3.60. The van der Waals surface area contributed by atoms with Crippen molar-refractivity contribution in [3.8, 4) is 0 Å². The molecule has 3 rings (SSSR count). The summed E-state index contributed by atoms with van der Waals surface area (Å²) in [5.41, 5.74) is 0. The number of carbonyl (C=O) groups excluding carboxylic acids is 2. The van der Waals surface area contributed by atoms with E-state index in [0.29, 0.717) is 45.1 Å². The predicted octanol–water partition coefficient (Wildman–Crippen LogP) is 0.648. The van der Waals surface area contributed by atoms with Gasteiger partial charge in [0.05, 0.1) is 0 Å². The fourth-order valence-electron chi connectivity index (χ4n) is 3.60. The highest BCUT2D eigenvalue weighted by Gasteiger charge is 2.31. The summed E-state index contributed by atoms with van der Waals surface area (Å²) in [6.07, 6.45) is 4.40. The van der Waals surface area contributed by atoms with Crippen LogP contribution in [0.15, 0.2) is 0 Å².